The first-order valence-corrected chi connectivity index (χ1v) is 3.13. The molecule has 5 nitrogen and oxygen atoms in total. The van der Waals surface area contributed by atoms with Crippen LogP contribution in [-0.2, 0) is 19.1 Å². The zero-order valence-corrected chi connectivity index (χ0v) is 6.36. The van der Waals surface area contributed by atoms with E-state index in [2.05, 4.69) is 4.74 Å². The van der Waals surface area contributed by atoms with Crippen LogP contribution in [0, 0.1) is 0 Å². The van der Waals surface area contributed by atoms with Crippen LogP contribution in [0.25, 0.3) is 0 Å². The Kier molecular flexibility index (Phi) is 4.21. The van der Waals surface area contributed by atoms with E-state index in [0.29, 0.717) is 6.61 Å². The van der Waals surface area contributed by atoms with E-state index in [1.54, 1.807) is 6.92 Å². The molecule has 0 amide bonds. The summed E-state index contributed by atoms with van der Waals surface area (Å²) in [7, 11) is 0. The summed E-state index contributed by atoms with van der Waals surface area (Å²) in [6.45, 7) is 3.53. The molecular weight excluding hydrogens is 152 g/mol. The highest BCUT2D eigenvalue weighted by Gasteiger charge is 2.16. The second kappa shape index (κ2) is 4.68. The molecule has 0 aliphatic carbocycles. The normalized spacial score (nSPS) is 12.2. The first kappa shape index (κ1) is 9.90. The Bertz CT molecular complexity index is 153. The zero-order chi connectivity index (χ0) is 8.85. The Hall–Kier alpha value is -1.10. The van der Waals surface area contributed by atoms with E-state index in [9.17, 15) is 9.59 Å². The molecule has 1 N–H and O–H groups in total. The summed E-state index contributed by atoms with van der Waals surface area (Å²) in [5.41, 5.74) is 0. The van der Waals surface area contributed by atoms with Gasteiger partial charge in [0.25, 0.3) is 0 Å². The van der Waals surface area contributed by atoms with Crippen molar-refractivity contribution in [3.8, 4) is 0 Å². The number of esters is 1. The van der Waals surface area contributed by atoms with Crippen molar-refractivity contribution in [2.75, 3.05) is 6.61 Å². The summed E-state index contributed by atoms with van der Waals surface area (Å²) in [6.07, 6.45) is -0.802. The molecule has 0 bridgehead atoms. The van der Waals surface area contributed by atoms with Crippen LogP contribution in [0.3, 0.4) is 0 Å². The molecule has 1 unspecified atom stereocenters. The average molecular weight is 162 g/mol. The fourth-order valence-electron chi connectivity index (χ4n) is 0.470. The molecule has 0 aliphatic rings. The molecule has 11 heavy (non-hydrogen) atoms. The maximum absolute atomic E-state index is 10.3. The Morgan fingerprint density at radius 1 is 1.55 bits per heavy atom. The Morgan fingerprint density at radius 3 is 2.45 bits per heavy atom. The number of carbonyl (C=O) groups is 2. The summed E-state index contributed by atoms with van der Waals surface area (Å²) in [5, 5.41) is 8.07. The fourth-order valence-corrected chi connectivity index (χ4v) is 0.470. The molecule has 64 valence electrons. The second-order valence-electron chi connectivity index (χ2n) is 1.73. The van der Waals surface area contributed by atoms with Crippen molar-refractivity contribution in [2.24, 2.45) is 0 Å². The highest BCUT2D eigenvalue weighted by atomic mass is 16.7. The van der Waals surface area contributed by atoms with Gasteiger partial charge in [-0.25, -0.2) is 9.59 Å². The van der Waals surface area contributed by atoms with Gasteiger partial charge in [0.15, 0.2) is 0 Å². The van der Waals surface area contributed by atoms with E-state index in [1.807, 2.05) is 0 Å². The summed E-state index contributed by atoms with van der Waals surface area (Å²) in [5.74, 6) is -2.91. The molecule has 0 radical (unpaired) electrons. The van der Waals surface area contributed by atoms with E-state index in [0.717, 1.165) is 0 Å². The standard InChI is InChI=1S/C6H10O5/c1-3-10-4(2)11-6(9)5(7)8/h4H,3H2,1-2H3,(H,7,8). The first-order valence-electron chi connectivity index (χ1n) is 3.13. The predicted octanol–water partition coefficient (Wildman–Crippen LogP) is -0.00330. The van der Waals surface area contributed by atoms with Crippen LogP contribution in [-0.4, -0.2) is 29.9 Å². The van der Waals surface area contributed by atoms with Crippen LogP contribution in [0.15, 0.2) is 0 Å². The Labute approximate surface area is 63.9 Å². The zero-order valence-electron chi connectivity index (χ0n) is 6.36. The third kappa shape index (κ3) is 4.32. The number of carboxylic acids is 1. The quantitative estimate of drug-likeness (QED) is 0.359. The smallest absolute Gasteiger partial charge is 0.419 e. The number of carboxylic acid groups (broad SMARTS) is 1. The molecule has 0 fully saturated rings. The first-order chi connectivity index (χ1) is 5.07. The van der Waals surface area contributed by atoms with Crippen LogP contribution < -0.4 is 0 Å². The van der Waals surface area contributed by atoms with Crippen LogP contribution in [0.1, 0.15) is 13.8 Å². The van der Waals surface area contributed by atoms with E-state index >= 15 is 0 Å². The lowest BCUT2D eigenvalue weighted by atomic mass is 10.6. The number of rotatable bonds is 3. The molecule has 0 aromatic rings. The molecule has 5 heteroatoms. The van der Waals surface area contributed by atoms with Crippen molar-refractivity contribution < 1.29 is 24.2 Å². The van der Waals surface area contributed by atoms with E-state index < -0.39 is 18.2 Å². The van der Waals surface area contributed by atoms with Gasteiger partial charge < -0.3 is 14.6 Å². The molecule has 0 aliphatic heterocycles. The lowest BCUT2D eigenvalue weighted by Crippen LogP contribution is -2.23. The van der Waals surface area contributed by atoms with Crippen LogP contribution >= 0.6 is 0 Å². The van der Waals surface area contributed by atoms with Crippen LogP contribution in [0.2, 0.25) is 0 Å². The number of hydrogen-bond acceptors (Lipinski definition) is 4. The maximum atomic E-state index is 10.3. The lowest BCUT2D eigenvalue weighted by Gasteiger charge is -2.09. The number of ether oxygens (including phenoxy) is 2. The van der Waals surface area contributed by atoms with Crippen molar-refractivity contribution in [2.45, 2.75) is 20.1 Å². The minimum atomic E-state index is -1.61. The second-order valence-corrected chi connectivity index (χ2v) is 1.73. The van der Waals surface area contributed by atoms with E-state index in [1.165, 1.54) is 6.92 Å². The van der Waals surface area contributed by atoms with Gasteiger partial charge in [-0.15, -0.1) is 0 Å². The van der Waals surface area contributed by atoms with Crippen molar-refractivity contribution in [1.29, 1.82) is 0 Å². The lowest BCUT2D eigenvalue weighted by molar-refractivity contribution is -0.184. The van der Waals surface area contributed by atoms with E-state index in [-0.39, 0.29) is 0 Å². The van der Waals surface area contributed by atoms with Crippen LogP contribution in [0.5, 0.6) is 0 Å². The largest absolute Gasteiger partial charge is 0.473 e. The number of carbonyl (C=O) groups excluding carboxylic acids is 1. The fraction of sp³-hybridized carbons (Fsp3) is 0.667. The summed E-state index contributed by atoms with van der Waals surface area (Å²) in [4.78, 5) is 20.2. The Balaban J connectivity index is 3.66. The van der Waals surface area contributed by atoms with Gasteiger partial charge in [-0.2, -0.15) is 0 Å². The van der Waals surface area contributed by atoms with Crippen LogP contribution in [0.4, 0.5) is 0 Å². The summed E-state index contributed by atoms with van der Waals surface area (Å²) < 4.78 is 9.05. The molecule has 1 atom stereocenters. The third-order valence-electron chi connectivity index (χ3n) is 0.849. The molecule has 0 spiro atoms. The molecule has 0 heterocycles. The summed E-state index contributed by atoms with van der Waals surface area (Å²) >= 11 is 0. The molecule has 0 saturated carbocycles. The number of hydrogen-bond donors (Lipinski definition) is 1. The molecule has 0 saturated heterocycles. The number of aliphatic carboxylic acids is 1. The van der Waals surface area contributed by atoms with Gasteiger partial charge in [0.1, 0.15) is 0 Å². The van der Waals surface area contributed by atoms with Crippen molar-refractivity contribution in [3.63, 3.8) is 0 Å². The molecular formula is C6H10O5. The van der Waals surface area contributed by atoms with Gasteiger partial charge in [0.05, 0.1) is 0 Å². The van der Waals surface area contributed by atoms with Gasteiger partial charge >= 0.3 is 11.9 Å². The van der Waals surface area contributed by atoms with Gasteiger partial charge in [-0.3, -0.25) is 0 Å². The topological polar surface area (TPSA) is 72.8 Å². The monoisotopic (exact) mass is 162 g/mol. The SMILES string of the molecule is CCOC(C)OC(=O)C(=O)O. The Morgan fingerprint density at radius 2 is 2.09 bits per heavy atom. The molecule has 0 aromatic heterocycles. The third-order valence-corrected chi connectivity index (χ3v) is 0.849. The summed E-state index contributed by atoms with van der Waals surface area (Å²) in [6, 6.07) is 0. The van der Waals surface area contributed by atoms with E-state index in [4.69, 9.17) is 9.84 Å². The molecule has 0 aromatic carbocycles. The van der Waals surface area contributed by atoms with Gasteiger partial charge in [0, 0.05) is 6.61 Å². The van der Waals surface area contributed by atoms with Gasteiger partial charge in [-0.05, 0) is 13.8 Å². The van der Waals surface area contributed by atoms with Crippen molar-refractivity contribution in [1.82, 2.24) is 0 Å². The van der Waals surface area contributed by atoms with Gasteiger partial charge in [0.2, 0.25) is 6.29 Å². The van der Waals surface area contributed by atoms with Crippen molar-refractivity contribution in [3.05, 3.63) is 0 Å². The highest BCUT2D eigenvalue weighted by Crippen LogP contribution is 1.93. The highest BCUT2D eigenvalue weighted by molar-refractivity contribution is 6.28. The predicted molar refractivity (Wildman–Crippen MR) is 34.8 cm³/mol. The molecule has 0 rings (SSSR count). The average Bonchev–Trinajstić information content (AvgIpc) is 1.87. The van der Waals surface area contributed by atoms with Gasteiger partial charge in [-0.1, -0.05) is 0 Å². The minimum absolute atomic E-state index is 0.369. The maximum Gasteiger partial charge on any atom is 0.419 e. The van der Waals surface area contributed by atoms with Crippen molar-refractivity contribution >= 4 is 11.9 Å². The minimum Gasteiger partial charge on any atom is -0.473 e.